The topological polar surface area (TPSA) is 24.5 Å². The molecule has 0 radical (unpaired) electrons. The summed E-state index contributed by atoms with van der Waals surface area (Å²) in [6.07, 6.45) is 3.54. The SMILES string of the molecule is CCCNCc1ccc(N(C)CC2CCOCC2)cc1Br. The Kier molecular flexibility index (Phi) is 7.00. The summed E-state index contributed by atoms with van der Waals surface area (Å²) in [5.74, 6) is 0.758. The van der Waals surface area contributed by atoms with Gasteiger partial charge in [-0.05, 0) is 49.4 Å². The second-order valence-electron chi connectivity index (χ2n) is 5.89. The van der Waals surface area contributed by atoms with Crippen molar-refractivity contribution in [1.29, 1.82) is 0 Å². The van der Waals surface area contributed by atoms with Crippen LogP contribution in [0.3, 0.4) is 0 Å². The predicted molar refractivity (Wildman–Crippen MR) is 93.0 cm³/mol. The van der Waals surface area contributed by atoms with E-state index < -0.39 is 0 Å². The van der Waals surface area contributed by atoms with E-state index in [0.717, 1.165) is 38.8 Å². The van der Waals surface area contributed by atoms with Crippen LogP contribution in [0.5, 0.6) is 0 Å². The van der Waals surface area contributed by atoms with Crippen LogP contribution in [0.4, 0.5) is 5.69 Å². The third-order valence-corrected chi connectivity index (χ3v) is 4.83. The van der Waals surface area contributed by atoms with Gasteiger partial charge in [-0.15, -0.1) is 0 Å². The molecule has 0 saturated carbocycles. The molecule has 1 aliphatic rings. The highest BCUT2D eigenvalue weighted by Crippen LogP contribution is 2.25. The summed E-state index contributed by atoms with van der Waals surface area (Å²) >= 11 is 3.71. The van der Waals surface area contributed by atoms with E-state index in [0.29, 0.717) is 0 Å². The lowest BCUT2D eigenvalue weighted by molar-refractivity contribution is 0.0685. The Morgan fingerprint density at radius 3 is 2.76 bits per heavy atom. The number of nitrogens with zero attached hydrogens (tertiary/aromatic N) is 1. The van der Waals surface area contributed by atoms with Gasteiger partial charge in [0.25, 0.3) is 0 Å². The molecular weight excluding hydrogens is 328 g/mol. The van der Waals surface area contributed by atoms with Crippen molar-refractivity contribution in [2.75, 3.05) is 38.3 Å². The quantitative estimate of drug-likeness (QED) is 0.753. The van der Waals surface area contributed by atoms with Gasteiger partial charge in [-0.1, -0.05) is 28.9 Å². The van der Waals surface area contributed by atoms with E-state index in [1.807, 2.05) is 0 Å². The van der Waals surface area contributed by atoms with Crippen molar-refractivity contribution in [3.63, 3.8) is 0 Å². The van der Waals surface area contributed by atoms with Gasteiger partial charge >= 0.3 is 0 Å². The van der Waals surface area contributed by atoms with Crippen molar-refractivity contribution in [2.45, 2.75) is 32.7 Å². The zero-order valence-electron chi connectivity index (χ0n) is 13.2. The van der Waals surface area contributed by atoms with Crippen molar-refractivity contribution >= 4 is 21.6 Å². The maximum Gasteiger partial charge on any atom is 0.0469 e. The maximum absolute atomic E-state index is 5.44. The summed E-state index contributed by atoms with van der Waals surface area (Å²) in [7, 11) is 2.19. The number of ether oxygens (including phenoxy) is 1. The molecule has 21 heavy (non-hydrogen) atoms. The average molecular weight is 355 g/mol. The van der Waals surface area contributed by atoms with Gasteiger partial charge in [0.05, 0.1) is 0 Å². The van der Waals surface area contributed by atoms with Crippen LogP contribution in [0.2, 0.25) is 0 Å². The minimum atomic E-state index is 0.758. The Balaban J connectivity index is 1.91. The first-order valence-corrected chi connectivity index (χ1v) is 8.78. The van der Waals surface area contributed by atoms with E-state index in [-0.39, 0.29) is 0 Å². The lowest BCUT2D eigenvalue weighted by Crippen LogP contribution is -2.29. The van der Waals surface area contributed by atoms with Crippen LogP contribution < -0.4 is 10.2 Å². The Hall–Kier alpha value is -0.580. The molecule has 0 aromatic heterocycles. The molecule has 0 spiro atoms. The zero-order chi connectivity index (χ0) is 15.1. The molecule has 0 aliphatic carbocycles. The van der Waals surface area contributed by atoms with Gasteiger partial charge in [0.1, 0.15) is 0 Å². The summed E-state index contributed by atoms with van der Waals surface area (Å²) in [5, 5.41) is 3.45. The Morgan fingerprint density at radius 2 is 2.10 bits per heavy atom. The van der Waals surface area contributed by atoms with Crippen LogP contribution in [0, 0.1) is 5.92 Å². The number of nitrogens with one attached hydrogen (secondary N) is 1. The van der Waals surface area contributed by atoms with E-state index in [2.05, 4.69) is 58.3 Å². The fourth-order valence-corrected chi connectivity index (χ4v) is 3.25. The Labute approximate surface area is 137 Å². The van der Waals surface area contributed by atoms with Crippen LogP contribution >= 0.6 is 15.9 Å². The molecule has 0 bridgehead atoms. The summed E-state index contributed by atoms with van der Waals surface area (Å²) in [5.41, 5.74) is 2.61. The van der Waals surface area contributed by atoms with E-state index in [1.165, 1.54) is 35.0 Å². The van der Waals surface area contributed by atoms with Crippen LogP contribution in [0.1, 0.15) is 31.7 Å². The predicted octanol–water partition coefficient (Wildman–Crippen LogP) is 3.81. The summed E-state index contributed by atoms with van der Waals surface area (Å²) < 4.78 is 6.63. The molecule has 0 atom stereocenters. The lowest BCUT2D eigenvalue weighted by atomic mass is 9.99. The smallest absolute Gasteiger partial charge is 0.0469 e. The van der Waals surface area contributed by atoms with Crippen molar-refractivity contribution in [2.24, 2.45) is 5.92 Å². The molecule has 118 valence electrons. The first-order chi connectivity index (χ1) is 10.2. The largest absolute Gasteiger partial charge is 0.381 e. The number of hydrogen-bond acceptors (Lipinski definition) is 3. The molecule has 1 N–H and O–H groups in total. The molecule has 1 aliphatic heterocycles. The summed E-state index contributed by atoms with van der Waals surface area (Å²) in [4.78, 5) is 2.37. The summed E-state index contributed by atoms with van der Waals surface area (Å²) in [6, 6.07) is 6.69. The monoisotopic (exact) mass is 354 g/mol. The van der Waals surface area contributed by atoms with Crippen LogP contribution in [0.15, 0.2) is 22.7 Å². The van der Waals surface area contributed by atoms with Crippen molar-refractivity contribution in [3.8, 4) is 0 Å². The molecule has 0 unspecified atom stereocenters. The Bertz CT molecular complexity index is 433. The molecule has 1 saturated heterocycles. The van der Waals surface area contributed by atoms with Crippen molar-refractivity contribution in [3.05, 3.63) is 28.2 Å². The number of benzene rings is 1. The number of rotatable bonds is 7. The number of halogens is 1. The number of anilines is 1. The van der Waals surface area contributed by atoms with Gasteiger partial charge in [-0.3, -0.25) is 0 Å². The van der Waals surface area contributed by atoms with E-state index in [4.69, 9.17) is 4.74 Å². The lowest BCUT2D eigenvalue weighted by Gasteiger charge is -2.28. The van der Waals surface area contributed by atoms with Crippen LogP contribution in [0.25, 0.3) is 0 Å². The second-order valence-corrected chi connectivity index (χ2v) is 6.74. The molecule has 0 amide bonds. The molecule has 4 heteroatoms. The normalized spacial score (nSPS) is 16.1. The van der Waals surface area contributed by atoms with Crippen molar-refractivity contribution < 1.29 is 4.74 Å². The Morgan fingerprint density at radius 1 is 1.33 bits per heavy atom. The van der Waals surface area contributed by atoms with E-state index >= 15 is 0 Å². The molecular formula is C17H27BrN2O. The van der Waals surface area contributed by atoms with Crippen LogP contribution in [-0.2, 0) is 11.3 Å². The fraction of sp³-hybridized carbons (Fsp3) is 0.647. The fourth-order valence-electron chi connectivity index (χ4n) is 2.74. The minimum Gasteiger partial charge on any atom is -0.381 e. The van der Waals surface area contributed by atoms with Gasteiger partial charge in [0, 0.05) is 43.5 Å². The van der Waals surface area contributed by atoms with Crippen LogP contribution in [-0.4, -0.2) is 33.4 Å². The third-order valence-electron chi connectivity index (χ3n) is 4.09. The highest BCUT2D eigenvalue weighted by Gasteiger charge is 2.16. The van der Waals surface area contributed by atoms with Gasteiger partial charge in [0.2, 0.25) is 0 Å². The minimum absolute atomic E-state index is 0.758. The maximum atomic E-state index is 5.44. The van der Waals surface area contributed by atoms with Gasteiger partial charge in [-0.25, -0.2) is 0 Å². The molecule has 2 rings (SSSR count). The molecule has 1 aromatic rings. The van der Waals surface area contributed by atoms with E-state index in [1.54, 1.807) is 0 Å². The van der Waals surface area contributed by atoms with Gasteiger partial charge in [0.15, 0.2) is 0 Å². The zero-order valence-corrected chi connectivity index (χ0v) is 14.8. The highest BCUT2D eigenvalue weighted by molar-refractivity contribution is 9.10. The molecule has 1 heterocycles. The summed E-state index contributed by atoms with van der Waals surface area (Å²) in [6.45, 7) is 7.14. The molecule has 1 fully saturated rings. The van der Waals surface area contributed by atoms with E-state index in [9.17, 15) is 0 Å². The first kappa shape index (κ1) is 16.8. The third kappa shape index (κ3) is 5.28. The standard InChI is InChI=1S/C17H27BrN2O/c1-3-8-19-12-15-4-5-16(11-17(15)18)20(2)13-14-6-9-21-10-7-14/h4-5,11,14,19H,3,6-10,12-13H2,1-2H3. The first-order valence-electron chi connectivity index (χ1n) is 7.98. The average Bonchev–Trinajstić information content (AvgIpc) is 2.50. The van der Waals surface area contributed by atoms with Gasteiger partial charge < -0.3 is 15.0 Å². The van der Waals surface area contributed by atoms with Gasteiger partial charge in [-0.2, -0.15) is 0 Å². The number of hydrogen-bond donors (Lipinski definition) is 1. The molecule has 1 aromatic carbocycles. The highest BCUT2D eigenvalue weighted by atomic mass is 79.9. The molecule has 3 nitrogen and oxygen atoms in total. The second kappa shape index (κ2) is 8.76. The van der Waals surface area contributed by atoms with Crippen molar-refractivity contribution in [1.82, 2.24) is 5.32 Å².